The first-order chi connectivity index (χ1) is 11.4. The second-order valence-corrected chi connectivity index (χ2v) is 5.66. The van der Waals surface area contributed by atoms with Gasteiger partial charge in [0.05, 0.1) is 6.21 Å². The van der Waals surface area contributed by atoms with Crippen LogP contribution >= 0.6 is 15.9 Å². The van der Waals surface area contributed by atoms with E-state index in [1.165, 1.54) is 6.21 Å². The number of ether oxygens (including phenoxy) is 1. The van der Waals surface area contributed by atoms with Crippen LogP contribution in [0.5, 0.6) is 5.75 Å². The molecule has 0 saturated heterocycles. The van der Waals surface area contributed by atoms with E-state index in [-0.39, 0.29) is 6.61 Å². The van der Waals surface area contributed by atoms with Crippen LogP contribution in [0.3, 0.4) is 0 Å². The Morgan fingerprint density at radius 1 is 1.33 bits per heavy atom. The lowest BCUT2D eigenvalue weighted by atomic mass is 10.2. The van der Waals surface area contributed by atoms with E-state index in [2.05, 4.69) is 31.8 Å². The molecule has 130 valence electrons. The van der Waals surface area contributed by atoms with Crippen molar-refractivity contribution in [2.24, 2.45) is 10.8 Å². The number of benzene rings is 1. The Morgan fingerprint density at radius 2 is 2.08 bits per heavy atom. The molecule has 1 rings (SSSR count). The minimum Gasteiger partial charge on any atom is -0.483 e. The number of carbonyl (C=O) groups excluding carboxylic acids is 3. The van der Waals surface area contributed by atoms with E-state index in [4.69, 9.17) is 10.5 Å². The average Bonchev–Trinajstić information content (AvgIpc) is 2.53. The molecule has 9 heteroatoms. The van der Waals surface area contributed by atoms with Gasteiger partial charge in [-0.25, -0.2) is 5.43 Å². The van der Waals surface area contributed by atoms with Gasteiger partial charge in [0.1, 0.15) is 5.75 Å². The number of nitrogens with zero attached hydrogens (tertiary/aromatic N) is 1. The van der Waals surface area contributed by atoms with E-state index in [0.717, 1.165) is 17.3 Å². The molecule has 0 heterocycles. The maximum absolute atomic E-state index is 11.6. The number of primary amides is 1. The maximum atomic E-state index is 11.6. The zero-order chi connectivity index (χ0) is 17.9. The molecule has 0 bridgehead atoms. The lowest BCUT2D eigenvalue weighted by molar-refractivity contribution is -0.139. The Balaban J connectivity index is 2.65. The van der Waals surface area contributed by atoms with Crippen molar-refractivity contribution < 1.29 is 19.1 Å². The number of unbranched alkanes of at least 4 members (excludes halogenated alkanes) is 1. The fourth-order valence-electron chi connectivity index (χ4n) is 1.57. The fourth-order valence-corrected chi connectivity index (χ4v) is 1.95. The normalized spacial score (nSPS) is 10.4. The second kappa shape index (κ2) is 10.4. The highest BCUT2D eigenvalue weighted by molar-refractivity contribution is 9.10. The molecule has 4 N–H and O–H groups in total. The number of amides is 3. The van der Waals surface area contributed by atoms with Crippen LogP contribution in [-0.4, -0.2) is 37.1 Å². The lowest BCUT2D eigenvalue weighted by Gasteiger charge is -2.07. The molecule has 0 aliphatic rings. The first-order valence-electron chi connectivity index (χ1n) is 7.26. The topological polar surface area (TPSA) is 123 Å². The van der Waals surface area contributed by atoms with E-state index in [9.17, 15) is 14.4 Å². The highest BCUT2D eigenvalue weighted by Gasteiger charge is 2.11. The van der Waals surface area contributed by atoms with Crippen LogP contribution in [-0.2, 0) is 14.4 Å². The summed E-state index contributed by atoms with van der Waals surface area (Å²) >= 11 is 3.30. The summed E-state index contributed by atoms with van der Waals surface area (Å²) < 4.78 is 5.99. The summed E-state index contributed by atoms with van der Waals surface area (Å²) in [6, 6.07) is 5.01. The van der Waals surface area contributed by atoms with Crippen molar-refractivity contribution in [2.75, 3.05) is 13.2 Å². The van der Waals surface area contributed by atoms with Crippen molar-refractivity contribution in [2.45, 2.75) is 19.8 Å². The van der Waals surface area contributed by atoms with Crippen LogP contribution in [0.25, 0.3) is 0 Å². The molecule has 0 unspecified atom stereocenters. The van der Waals surface area contributed by atoms with Gasteiger partial charge in [-0.15, -0.1) is 0 Å². The highest BCUT2D eigenvalue weighted by Crippen LogP contribution is 2.21. The number of hydrogen-bond acceptors (Lipinski definition) is 5. The van der Waals surface area contributed by atoms with Crippen molar-refractivity contribution >= 4 is 39.9 Å². The monoisotopic (exact) mass is 398 g/mol. The number of hydrogen-bond donors (Lipinski definition) is 3. The third kappa shape index (κ3) is 7.23. The standard InChI is InChI=1S/C15H19BrN4O4/c1-2-3-6-18-14(22)15(23)20-19-8-10-7-11(16)4-5-12(10)24-9-13(17)21/h4-5,7-8H,2-3,6,9H2,1H3,(H2,17,21)(H,18,22)(H,20,23)/b19-8-. The number of nitrogens with two attached hydrogens (primary N) is 1. The van der Waals surface area contributed by atoms with Crippen molar-refractivity contribution in [1.29, 1.82) is 0 Å². The van der Waals surface area contributed by atoms with Crippen LogP contribution in [0.2, 0.25) is 0 Å². The smallest absolute Gasteiger partial charge is 0.329 e. The first kappa shape index (κ1) is 19.6. The molecule has 0 aromatic heterocycles. The Morgan fingerprint density at radius 3 is 2.75 bits per heavy atom. The van der Waals surface area contributed by atoms with Gasteiger partial charge in [0, 0.05) is 16.6 Å². The van der Waals surface area contributed by atoms with Crippen molar-refractivity contribution in [3.05, 3.63) is 28.2 Å². The molecular weight excluding hydrogens is 380 g/mol. The second-order valence-electron chi connectivity index (χ2n) is 4.75. The molecule has 0 fully saturated rings. The number of hydrazone groups is 1. The summed E-state index contributed by atoms with van der Waals surface area (Å²) in [6.45, 7) is 2.13. The van der Waals surface area contributed by atoms with Gasteiger partial charge in [-0.2, -0.15) is 5.10 Å². The zero-order valence-electron chi connectivity index (χ0n) is 13.2. The molecule has 24 heavy (non-hydrogen) atoms. The van der Waals surface area contributed by atoms with Gasteiger partial charge in [-0.1, -0.05) is 29.3 Å². The van der Waals surface area contributed by atoms with E-state index in [1.54, 1.807) is 18.2 Å². The van der Waals surface area contributed by atoms with E-state index in [0.29, 0.717) is 17.9 Å². The lowest BCUT2D eigenvalue weighted by Crippen LogP contribution is -2.38. The van der Waals surface area contributed by atoms with Gasteiger partial charge in [0.15, 0.2) is 6.61 Å². The average molecular weight is 399 g/mol. The largest absolute Gasteiger partial charge is 0.483 e. The summed E-state index contributed by atoms with van der Waals surface area (Å²) in [5.74, 6) is -1.86. The molecule has 1 aromatic carbocycles. The number of rotatable bonds is 8. The molecule has 0 aliphatic carbocycles. The van der Waals surface area contributed by atoms with Gasteiger partial charge in [-0.3, -0.25) is 14.4 Å². The number of nitrogens with one attached hydrogen (secondary N) is 2. The van der Waals surface area contributed by atoms with Crippen LogP contribution in [0, 0.1) is 0 Å². The predicted molar refractivity (Wildman–Crippen MR) is 92.5 cm³/mol. The van der Waals surface area contributed by atoms with Crippen LogP contribution in [0.1, 0.15) is 25.3 Å². The van der Waals surface area contributed by atoms with Crippen LogP contribution in [0.15, 0.2) is 27.8 Å². The molecule has 0 radical (unpaired) electrons. The minimum absolute atomic E-state index is 0.283. The highest BCUT2D eigenvalue weighted by atomic mass is 79.9. The van der Waals surface area contributed by atoms with Gasteiger partial charge in [0.2, 0.25) is 0 Å². The molecule has 0 atom stereocenters. The summed E-state index contributed by atoms with van der Waals surface area (Å²) in [5.41, 5.74) is 7.66. The van der Waals surface area contributed by atoms with Crippen molar-refractivity contribution in [3.8, 4) is 5.75 Å². The van der Waals surface area contributed by atoms with Crippen LogP contribution in [0.4, 0.5) is 0 Å². The third-order valence-corrected chi connectivity index (χ3v) is 3.23. The number of carbonyl (C=O) groups is 3. The minimum atomic E-state index is -0.864. The molecule has 0 saturated carbocycles. The van der Waals surface area contributed by atoms with E-state index in [1.807, 2.05) is 6.92 Å². The molecule has 8 nitrogen and oxygen atoms in total. The first-order valence-corrected chi connectivity index (χ1v) is 8.05. The van der Waals surface area contributed by atoms with Crippen molar-refractivity contribution in [3.63, 3.8) is 0 Å². The molecule has 0 aliphatic heterocycles. The fraction of sp³-hybridized carbons (Fsp3) is 0.333. The van der Waals surface area contributed by atoms with Gasteiger partial charge < -0.3 is 15.8 Å². The Bertz CT molecular complexity index is 634. The predicted octanol–water partition coefficient (Wildman–Crippen LogP) is 0.680. The van der Waals surface area contributed by atoms with Gasteiger partial charge >= 0.3 is 11.8 Å². The molecular formula is C15H19BrN4O4. The Hall–Kier alpha value is -2.42. The zero-order valence-corrected chi connectivity index (χ0v) is 14.8. The van der Waals surface area contributed by atoms with Gasteiger partial charge in [0.25, 0.3) is 5.91 Å². The molecule has 1 aromatic rings. The quantitative estimate of drug-likeness (QED) is 0.257. The number of halogens is 1. The van der Waals surface area contributed by atoms with Crippen molar-refractivity contribution in [1.82, 2.24) is 10.7 Å². The summed E-state index contributed by atoms with van der Waals surface area (Å²) in [6.07, 6.45) is 3.01. The molecule has 0 spiro atoms. The third-order valence-electron chi connectivity index (χ3n) is 2.73. The maximum Gasteiger partial charge on any atom is 0.329 e. The van der Waals surface area contributed by atoms with Crippen LogP contribution < -0.4 is 21.2 Å². The van der Waals surface area contributed by atoms with E-state index < -0.39 is 17.7 Å². The molecule has 3 amide bonds. The summed E-state index contributed by atoms with van der Waals surface area (Å²) in [7, 11) is 0. The summed E-state index contributed by atoms with van der Waals surface area (Å²) in [4.78, 5) is 33.8. The summed E-state index contributed by atoms with van der Waals surface area (Å²) in [5, 5.41) is 6.19. The SMILES string of the molecule is CCCCNC(=O)C(=O)N/N=C\c1cc(Br)ccc1OCC(N)=O. The van der Waals surface area contributed by atoms with Gasteiger partial charge in [-0.05, 0) is 24.6 Å². The Kier molecular flexibility index (Phi) is 8.48. The van der Waals surface area contributed by atoms with E-state index >= 15 is 0 Å². The Labute approximate surface area is 147 Å².